The summed E-state index contributed by atoms with van der Waals surface area (Å²) in [5, 5.41) is 7.69. The number of nitrogen functional groups attached to an aromatic ring is 1. The van der Waals surface area contributed by atoms with E-state index in [1.54, 1.807) is 23.9 Å². The van der Waals surface area contributed by atoms with Gasteiger partial charge in [-0.2, -0.15) is 0 Å². The van der Waals surface area contributed by atoms with Crippen LogP contribution in [0.15, 0.2) is 24.3 Å². The molecule has 1 unspecified atom stereocenters. The monoisotopic (exact) mass is 368 g/mol. The molecule has 2 amide bonds. The first-order valence-electron chi connectivity index (χ1n) is 9.17. The van der Waals surface area contributed by atoms with Crippen molar-refractivity contribution in [2.45, 2.75) is 25.3 Å². The summed E-state index contributed by atoms with van der Waals surface area (Å²) in [6.45, 7) is 1.65. The number of aromatic nitrogens is 2. The van der Waals surface area contributed by atoms with E-state index in [0.717, 1.165) is 29.1 Å². The molecule has 1 atom stereocenters. The number of para-hydroxylation sites is 1. The van der Waals surface area contributed by atoms with Gasteiger partial charge in [0.15, 0.2) is 0 Å². The number of hydrogen-bond donors (Lipinski definition) is 2. The first kappa shape index (κ1) is 17.4. The molecule has 3 N–H and O–H groups in total. The van der Waals surface area contributed by atoms with Crippen LogP contribution < -0.4 is 11.1 Å². The Kier molecular flexibility index (Phi) is 4.25. The molecule has 0 saturated carbocycles. The van der Waals surface area contributed by atoms with E-state index in [1.165, 1.54) is 4.68 Å². The average Bonchev–Trinajstić information content (AvgIpc) is 3.02. The van der Waals surface area contributed by atoms with Crippen LogP contribution in [0.1, 0.15) is 34.0 Å². The van der Waals surface area contributed by atoms with Gasteiger partial charge in [-0.05, 0) is 24.5 Å². The van der Waals surface area contributed by atoms with E-state index in [0.29, 0.717) is 31.7 Å². The van der Waals surface area contributed by atoms with Crippen LogP contribution in [-0.4, -0.2) is 58.7 Å². The molecule has 0 aliphatic carbocycles. The predicted octanol–water partition coefficient (Wildman–Crippen LogP) is 1.74. The molecule has 2 aliphatic heterocycles. The van der Waals surface area contributed by atoms with Crippen LogP contribution in [0.3, 0.4) is 0 Å². The van der Waals surface area contributed by atoms with E-state index in [4.69, 9.17) is 5.73 Å². The van der Waals surface area contributed by atoms with Gasteiger partial charge in [0.05, 0.1) is 18.2 Å². The number of hydrogen-bond acceptors (Lipinski definition) is 5. The number of carbonyl (C=O) groups excluding carboxylic acids is 2. The van der Waals surface area contributed by atoms with E-state index in [2.05, 4.69) is 10.4 Å². The number of nitrogens with zero attached hydrogens (tertiary/aromatic N) is 4. The number of nitrogens with one attached hydrogen (secondary N) is 1. The Morgan fingerprint density at radius 1 is 1.30 bits per heavy atom. The van der Waals surface area contributed by atoms with Gasteiger partial charge in [-0.15, -0.1) is 5.10 Å². The summed E-state index contributed by atoms with van der Waals surface area (Å²) in [5.74, 6) is 0.0272. The number of urea groups is 1. The van der Waals surface area contributed by atoms with Crippen molar-refractivity contribution >= 4 is 23.4 Å². The van der Waals surface area contributed by atoms with Crippen molar-refractivity contribution in [3.05, 3.63) is 41.1 Å². The highest BCUT2D eigenvalue weighted by Crippen LogP contribution is 2.34. The lowest BCUT2D eigenvalue weighted by Gasteiger charge is -2.30. The van der Waals surface area contributed by atoms with Crippen molar-refractivity contribution < 1.29 is 9.59 Å². The Balaban J connectivity index is 1.68. The Morgan fingerprint density at radius 2 is 2.07 bits per heavy atom. The van der Waals surface area contributed by atoms with Crippen LogP contribution >= 0.6 is 0 Å². The van der Waals surface area contributed by atoms with Crippen molar-refractivity contribution in [2.24, 2.45) is 0 Å². The summed E-state index contributed by atoms with van der Waals surface area (Å²) in [6, 6.07) is 7.78. The molecule has 142 valence electrons. The molecule has 0 spiro atoms. The summed E-state index contributed by atoms with van der Waals surface area (Å²) in [6.07, 6.45) is 1.31. The number of rotatable bonds is 1. The van der Waals surface area contributed by atoms with E-state index >= 15 is 0 Å². The van der Waals surface area contributed by atoms with Gasteiger partial charge < -0.3 is 20.9 Å². The number of nitrogens with two attached hydrogens (primary N) is 1. The summed E-state index contributed by atoms with van der Waals surface area (Å²) < 4.78 is 1.44. The van der Waals surface area contributed by atoms with Crippen LogP contribution in [0.4, 0.5) is 16.3 Å². The van der Waals surface area contributed by atoms with Gasteiger partial charge in [0.25, 0.3) is 5.91 Å². The van der Waals surface area contributed by atoms with Crippen LogP contribution in [0.2, 0.25) is 0 Å². The van der Waals surface area contributed by atoms with Gasteiger partial charge in [0.1, 0.15) is 5.82 Å². The smallest absolute Gasteiger partial charge is 0.319 e. The molecule has 1 aromatic heterocycles. The predicted molar refractivity (Wildman–Crippen MR) is 103 cm³/mol. The van der Waals surface area contributed by atoms with Gasteiger partial charge >= 0.3 is 6.03 Å². The standard InChI is InChI=1S/C19H24N6O2/c1-23(2)19(27)24-10-8-14-16(11-24)25(22-17(14)20)18(26)13-7-9-21-15-6-4-3-5-12(13)15/h3-6,13,21H,7-11H2,1-2H3,(H2,20,22). The summed E-state index contributed by atoms with van der Waals surface area (Å²) in [5.41, 5.74) is 9.68. The SMILES string of the molecule is CN(C)C(=O)N1CCc2c(N)nn(C(=O)C3CCNc4ccccc43)c2C1. The second-order valence-electron chi connectivity index (χ2n) is 7.26. The zero-order valence-electron chi connectivity index (χ0n) is 15.6. The normalized spacial score (nSPS) is 18.3. The largest absolute Gasteiger partial charge is 0.385 e. The lowest BCUT2D eigenvalue weighted by atomic mass is 9.90. The fourth-order valence-electron chi connectivity index (χ4n) is 3.95. The minimum atomic E-state index is -0.272. The van der Waals surface area contributed by atoms with Crippen LogP contribution in [0, 0.1) is 0 Å². The third-order valence-corrected chi connectivity index (χ3v) is 5.34. The molecule has 4 rings (SSSR count). The Labute approximate surface area is 157 Å². The third kappa shape index (κ3) is 2.90. The summed E-state index contributed by atoms with van der Waals surface area (Å²) in [7, 11) is 3.45. The molecule has 2 aliphatic rings. The van der Waals surface area contributed by atoms with Crippen molar-refractivity contribution in [2.75, 3.05) is 38.2 Å². The van der Waals surface area contributed by atoms with Gasteiger partial charge in [-0.3, -0.25) is 4.79 Å². The van der Waals surface area contributed by atoms with E-state index in [9.17, 15) is 9.59 Å². The molecule has 8 heteroatoms. The molecule has 3 heterocycles. The first-order chi connectivity index (χ1) is 13.0. The summed E-state index contributed by atoms with van der Waals surface area (Å²) >= 11 is 0. The van der Waals surface area contributed by atoms with E-state index in [-0.39, 0.29) is 17.9 Å². The molecule has 0 radical (unpaired) electrons. The van der Waals surface area contributed by atoms with Crippen LogP contribution in [0.5, 0.6) is 0 Å². The Bertz CT molecular complexity index is 904. The molecular formula is C19H24N6O2. The molecule has 27 heavy (non-hydrogen) atoms. The fourth-order valence-corrected chi connectivity index (χ4v) is 3.95. The van der Waals surface area contributed by atoms with Gasteiger partial charge in [-0.25, -0.2) is 9.48 Å². The van der Waals surface area contributed by atoms with Crippen LogP contribution in [0.25, 0.3) is 0 Å². The maximum absolute atomic E-state index is 13.4. The molecule has 0 bridgehead atoms. The highest BCUT2D eigenvalue weighted by atomic mass is 16.2. The Morgan fingerprint density at radius 3 is 2.85 bits per heavy atom. The number of benzene rings is 1. The minimum Gasteiger partial charge on any atom is -0.385 e. The maximum atomic E-state index is 13.4. The van der Waals surface area contributed by atoms with Gasteiger partial charge in [0, 0.05) is 38.4 Å². The lowest BCUT2D eigenvalue weighted by Crippen LogP contribution is -2.43. The zero-order chi connectivity index (χ0) is 19.1. The van der Waals surface area contributed by atoms with Gasteiger partial charge in [-0.1, -0.05) is 18.2 Å². The lowest BCUT2D eigenvalue weighted by molar-refractivity contribution is 0.0846. The van der Waals surface area contributed by atoms with Crippen molar-refractivity contribution in [3.63, 3.8) is 0 Å². The topological polar surface area (TPSA) is 96.5 Å². The maximum Gasteiger partial charge on any atom is 0.319 e. The number of fused-ring (bicyclic) bond motifs is 2. The number of carbonyl (C=O) groups is 2. The zero-order valence-corrected chi connectivity index (χ0v) is 15.6. The highest BCUT2D eigenvalue weighted by molar-refractivity contribution is 5.89. The molecule has 8 nitrogen and oxygen atoms in total. The van der Waals surface area contributed by atoms with Gasteiger partial charge in [0.2, 0.25) is 0 Å². The number of amides is 2. The molecule has 0 saturated heterocycles. The second kappa shape index (κ2) is 6.61. The van der Waals surface area contributed by atoms with E-state index in [1.807, 2.05) is 24.3 Å². The van der Waals surface area contributed by atoms with Crippen molar-refractivity contribution in [3.8, 4) is 0 Å². The molecule has 0 fully saturated rings. The van der Waals surface area contributed by atoms with Crippen molar-refractivity contribution in [1.29, 1.82) is 0 Å². The summed E-state index contributed by atoms with van der Waals surface area (Å²) in [4.78, 5) is 29.0. The van der Waals surface area contributed by atoms with Crippen LogP contribution in [-0.2, 0) is 13.0 Å². The Hall–Kier alpha value is -3.03. The molecular weight excluding hydrogens is 344 g/mol. The highest BCUT2D eigenvalue weighted by Gasteiger charge is 2.33. The molecule has 2 aromatic rings. The second-order valence-corrected chi connectivity index (χ2v) is 7.26. The van der Waals surface area contributed by atoms with E-state index < -0.39 is 0 Å². The third-order valence-electron chi connectivity index (χ3n) is 5.34. The average molecular weight is 368 g/mol. The first-order valence-corrected chi connectivity index (χ1v) is 9.17. The van der Waals surface area contributed by atoms with Crippen molar-refractivity contribution in [1.82, 2.24) is 19.6 Å². The fraction of sp³-hybridized carbons (Fsp3) is 0.421. The minimum absolute atomic E-state index is 0.0772. The number of anilines is 2. The molecule has 1 aromatic carbocycles. The quantitative estimate of drug-likeness (QED) is 0.799.